The van der Waals surface area contributed by atoms with Crippen LogP contribution in [0, 0.1) is 0 Å². The van der Waals surface area contributed by atoms with Crippen LogP contribution in [0.1, 0.15) is 54.0 Å². The second kappa shape index (κ2) is 8.54. The van der Waals surface area contributed by atoms with Crippen LogP contribution >= 0.6 is 11.3 Å². The molecule has 0 saturated carbocycles. The van der Waals surface area contributed by atoms with Crippen LogP contribution in [0.2, 0.25) is 0 Å². The zero-order valence-corrected chi connectivity index (χ0v) is 19.7. The predicted molar refractivity (Wildman–Crippen MR) is 123 cm³/mol. The SMILES string of the molecule is CC(=O)NCC(C)(O)c1ncc(S(N)(=O)=NC(=O)Nc2c3c(cc4c2CCC4)CCC3)s1. The molecule has 0 spiro atoms. The number of nitrogens with zero attached hydrogens (tertiary/aromatic N) is 2. The van der Waals surface area contributed by atoms with Crippen LogP contribution in [0.15, 0.2) is 20.8 Å². The van der Waals surface area contributed by atoms with Crippen molar-refractivity contribution in [2.45, 2.75) is 62.2 Å². The fraction of sp³-hybridized carbons (Fsp3) is 0.476. The molecule has 1 aromatic carbocycles. The lowest BCUT2D eigenvalue weighted by atomic mass is 9.99. The smallest absolute Gasteiger partial charge is 0.354 e. The molecule has 2 aliphatic rings. The molecule has 0 aliphatic heterocycles. The number of amides is 3. The molecule has 3 amide bonds. The Kier molecular flexibility index (Phi) is 6.10. The molecule has 9 nitrogen and oxygen atoms in total. The maximum Gasteiger partial charge on any atom is 0.354 e. The van der Waals surface area contributed by atoms with Gasteiger partial charge in [-0.2, -0.15) is 0 Å². The van der Waals surface area contributed by atoms with Crippen molar-refractivity contribution >= 4 is 38.9 Å². The van der Waals surface area contributed by atoms with Crippen molar-refractivity contribution in [3.05, 3.63) is 39.5 Å². The molecule has 32 heavy (non-hydrogen) atoms. The van der Waals surface area contributed by atoms with Gasteiger partial charge >= 0.3 is 6.03 Å². The van der Waals surface area contributed by atoms with Gasteiger partial charge in [-0.3, -0.25) is 4.79 Å². The van der Waals surface area contributed by atoms with Crippen LogP contribution in [-0.4, -0.2) is 32.8 Å². The normalized spacial score (nSPS) is 18.2. The highest BCUT2D eigenvalue weighted by molar-refractivity contribution is 7.93. The lowest BCUT2D eigenvalue weighted by molar-refractivity contribution is -0.120. The Bertz CT molecular complexity index is 1180. The zero-order chi connectivity index (χ0) is 23.1. The molecule has 0 saturated heterocycles. The fourth-order valence-corrected chi connectivity index (χ4v) is 6.39. The monoisotopic (exact) mass is 477 g/mol. The lowest BCUT2D eigenvalue weighted by Gasteiger charge is -2.20. The minimum atomic E-state index is -3.56. The first-order valence-corrected chi connectivity index (χ1v) is 12.9. The van der Waals surface area contributed by atoms with Crippen molar-refractivity contribution in [2.75, 3.05) is 11.9 Å². The van der Waals surface area contributed by atoms with Crippen LogP contribution in [0.3, 0.4) is 0 Å². The van der Waals surface area contributed by atoms with E-state index in [0.717, 1.165) is 66.7 Å². The van der Waals surface area contributed by atoms with Gasteiger partial charge in [0.2, 0.25) is 5.91 Å². The molecular weight excluding hydrogens is 450 g/mol. The number of aryl methyl sites for hydroxylation is 2. The first-order chi connectivity index (χ1) is 15.1. The third kappa shape index (κ3) is 4.56. The van der Waals surface area contributed by atoms with E-state index >= 15 is 0 Å². The van der Waals surface area contributed by atoms with Crippen LogP contribution in [0.4, 0.5) is 10.5 Å². The summed E-state index contributed by atoms with van der Waals surface area (Å²) in [5.74, 6) is -0.296. The molecule has 2 aromatic rings. The summed E-state index contributed by atoms with van der Waals surface area (Å²) in [6.07, 6.45) is 7.15. The van der Waals surface area contributed by atoms with E-state index in [4.69, 9.17) is 5.14 Å². The van der Waals surface area contributed by atoms with Crippen LogP contribution in [0.25, 0.3) is 0 Å². The van der Waals surface area contributed by atoms with E-state index in [0.29, 0.717) is 0 Å². The molecular formula is C21H27N5O4S2. The fourth-order valence-electron chi connectivity index (χ4n) is 4.28. The minimum absolute atomic E-state index is 0.0666. The second-order valence-corrected chi connectivity index (χ2v) is 11.5. The van der Waals surface area contributed by atoms with Gasteiger partial charge in [0.05, 0.1) is 12.7 Å². The first kappa shape index (κ1) is 22.8. The molecule has 2 unspecified atom stereocenters. The van der Waals surface area contributed by atoms with Gasteiger partial charge in [0.25, 0.3) is 0 Å². The van der Waals surface area contributed by atoms with E-state index in [1.54, 1.807) is 0 Å². The molecule has 2 aliphatic carbocycles. The van der Waals surface area contributed by atoms with Gasteiger partial charge in [0.15, 0.2) is 9.92 Å². The van der Waals surface area contributed by atoms with Gasteiger partial charge in [-0.1, -0.05) is 6.07 Å². The van der Waals surface area contributed by atoms with Gasteiger partial charge in [-0.05, 0) is 67.7 Å². The van der Waals surface area contributed by atoms with Crippen molar-refractivity contribution in [2.24, 2.45) is 9.50 Å². The standard InChI is InChI=1S/C21H27N5O4S2/c1-12(27)24-11-21(2,29)19-23-10-17(31-19)32(22,30)26-20(28)25-18-15-7-3-5-13(15)9-14-6-4-8-16(14)18/h9-10,29H,3-8,11H2,1-2H3,(H,24,27)(H3,22,25,26,28,30). The van der Waals surface area contributed by atoms with E-state index in [-0.39, 0.29) is 21.7 Å². The highest BCUT2D eigenvalue weighted by Gasteiger charge is 2.29. The molecule has 0 radical (unpaired) electrons. The maximum absolute atomic E-state index is 13.0. The largest absolute Gasteiger partial charge is 0.381 e. The number of hydrogen-bond donors (Lipinski definition) is 4. The van der Waals surface area contributed by atoms with Gasteiger partial charge in [-0.15, -0.1) is 15.7 Å². The molecule has 1 heterocycles. The number of nitrogens with two attached hydrogens (primary N) is 1. The van der Waals surface area contributed by atoms with Crippen molar-refractivity contribution in [3.63, 3.8) is 0 Å². The summed E-state index contributed by atoms with van der Waals surface area (Å²) in [4.78, 5) is 28.0. The lowest BCUT2D eigenvalue weighted by Crippen LogP contribution is -2.37. The molecule has 0 fully saturated rings. The molecule has 1 aromatic heterocycles. The number of urea groups is 1. The average molecular weight is 478 g/mol. The predicted octanol–water partition coefficient (Wildman–Crippen LogP) is 2.40. The zero-order valence-electron chi connectivity index (χ0n) is 18.1. The Morgan fingerprint density at radius 2 is 1.88 bits per heavy atom. The van der Waals surface area contributed by atoms with Gasteiger partial charge in [-0.25, -0.2) is 19.1 Å². The summed E-state index contributed by atoms with van der Waals surface area (Å²) >= 11 is 0.900. The molecule has 172 valence electrons. The number of benzene rings is 1. The molecule has 5 N–H and O–H groups in total. The van der Waals surface area contributed by atoms with E-state index in [1.165, 1.54) is 31.2 Å². The first-order valence-electron chi connectivity index (χ1n) is 10.5. The number of carbonyl (C=O) groups excluding carboxylic acids is 2. The van der Waals surface area contributed by atoms with Crippen LogP contribution in [0.5, 0.6) is 0 Å². The minimum Gasteiger partial charge on any atom is -0.381 e. The number of hydrogen-bond acceptors (Lipinski definition) is 6. The highest BCUT2D eigenvalue weighted by atomic mass is 32.2. The summed E-state index contributed by atoms with van der Waals surface area (Å²) in [7, 11) is -3.56. The summed E-state index contributed by atoms with van der Waals surface area (Å²) < 4.78 is 16.9. The summed E-state index contributed by atoms with van der Waals surface area (Å²) in [6.45, 7) is 2.75. The third-order valence-corrected chi connectivity index (χ3v) is 8.97. The molecule has 0 bridgehead atoms. The van der Waals surface area contributed by atoms with Crippen molar-refractivity contribution in [1.29, 1.82) is 0 Å². The number of fused-ring (bicyclic) bond motifs is 2. The Balaban J connectivity index is 1.58. The van der Waals surface area contributed by atoms with Gasteiger partial charge in [0, 0.05) is 12.6 Å². The Labute approximate surface area is 191 Å². The number of rotatable bonds is 5. The summed E-state index contributed by atoms with van der Waals surface area (Å²) in [5.41, 5.74) is 4.15. The van der Waals surface area contributed by atoms with Crippen molar-refractivity contribution in [3.8, 4) is 0 Å². The summed E-state index contributed by atoms with van der Waals surface area (Å²) in [6, 6.07) is 1.50. The number of nitrogens with one attached hydrogen (secondary N) is 2. The Morgan fingerprint density at radius 3 is 2.47 bits per heavy atom. The van der Waals surface area contributed by atoms with Crippen LogP contribution in [-0.2, 0) is 46.0 Å². The highest BCUT2D eigenvalue weighted by Crippen LogP contribution is 2.38. The topological polar surface area (TPSA) is 147 Å². The Hall–Kier alpha value is -2.34. The second-order valence-electron chi connectivity index (χ2n) is 8.49. The van der Waals surface area contributed by atoms with Gasteiger partial charge in [0.1, 0.15) is 14.8 Å². The van der Waals surface area contributed by atoms with E-state index in [9.17, 15) is 18.9 Å². The number of thiazole rings is 1. The van der Waals surface area contributed by atoms with Gasteiger partial charge < -0.3 is 15.7 Å². The van der Waals surface area contributed by atoms with Crippen LogP contribution < -0.4 is 15.8 Å². The number of aliphatic hydroxyl groups is 1. The van der Waals surface area contributed by atoms with E-state index in [2.05, 4.69) is 26.0 Å². The quantitative estimate of drug-likeness (QED) is 0.522. The third-order valence-electron chi connectivity index (χ3n) is 5.84. The summed E-state index contributed by atoms with van der Waals surface area (Å²) in [5, 5.41) is 22.1. The molecule has 4 rings (SSSR count). The number of carbonyl (C=O) groups is 2. The number of aromatic nitrogens is 1. The van der Waals surface area contributed by atoms with Crippen molar-refractivity contribution in [1.82, 2.24) is 10.3 Å². The molecule has 11 heteroatoms. The average Bonchev–Trinajstić information content (AvgIpc) is 3.45. The Morgan fingerprint density at radius 1 is 1.25 bits per heavy atom. The van der Waals surface area contributed by atoms with Crippen molar-refractivity contribution < 1.29 is 18.9 Å². The maximum atomic E-state index is 13.0. The molecule has 2 atom stereocenters. The van der Waals surface area contributed by atoms with E-state index in [1.807, 2.05) is 0 Å². The van der Waals surface area contributed by atoms with E-state index < -0.39 is 21.5 Å². The number of anilines is 1.